The van der Waals surface area contributed by atoms with Crippen LogP contribution in [0.3, 0.4) is 0 Å². The van der Waals surface area contributed by atoms with Crippen LogP contribution < -0.4 is 9.47 Å². The Labute approximate surface area is 96.0 Å². The summed E-state index contributed by atoms with van der Waals surface area (Å²) in [5.41, 5.74) is -0.194. The van der Waals surface area contributed by atoms with Crippen LogP contribution in [0.4, 0.5) is 0 Å². The minimum Gasteiger partial charge on any atom is -0.497 e. The number of H-pyrrole nitrogens is 1. The van der Waals surface area contributed by atoms with Gasteiger partial charge >= 0.3 is 5.97 Å². The lowest BCUT2D eigenvalue weighted by molar-refractivity contribution is 0.0687. The van der Waals surface area contributed by atoms with Crippen molar-refractivity contribution >= 4 is 5.97 Å². The van der Waals surface area contributed by atoms with Crippen molar-refractivity contribution in [2.24, 2.45) is 0 Å². The second-order valence-corrected chi connectivity index (χ2v) is 3.07. The third-order valence-electron chi connectivity index (χ3n) is 2.00. The maximum absolute atomic E-state index is 10.8. The zero-order valence-corrected chi connectivity index (χ0v) is 8.88. The summed E-state index contributed by atoms with van der Waals surface area (Å²) in [6.45, 7) is 0. The number of carboxylic acids is 1. The van der Waals surface area contributed by atoms with E-state index in [1.807, 2.05) is 0 Å². The van der Waals surface area contributed by atoms with E-state index in [9.17, 15) is 4.79 Å². The molecule has 2 rings (SSSR count). The van der Waals surface area contributed by atoms with Gasteiger partial charge in [-0.3, -0.25) is 0 Å². The zero-order valence-electron chi connectivity index (χ0n) is 8.88. The normalized spacial score (nSPS) is 9.94. The van der Waals surface area contributed by atoms with Gasteiger partial charge in [0.2, 0.25) is 5.69 Å². The molecule has 0 radical (unpaired) electrons. The molecule has 1 aromatic heterocycles. The molecule has 0 unspecified atom stereocenters. The number of carboxylic acid groups (broad SMARTS) is 1. The number of methoxy groups -OCH3 is 1. The number of carbonyl (C=O) groups is 1. The SMILES string of the molecule is COc1ccc(Oc2nn[nH]c2C(=O)O)cc1. The third kappa shape index (κ3) is 2.33. The van der Waals surface area contributed by atoms with Crippen LogP contribution in [0.2, 0.25) is 0 Å². The fourth-order valence-electron chi connectivity index (χ4n) is 1.18. The van der Waals surface area contributed by atoms with Crippen LogP contribution in [0, 0.1) is 0 Å². The average Bonchev–Trinajstić information content (AvgIpc) is 2.78. The van der Waals surface area contributed by atoms with Gasteiger partial charge in [-0.05, 0) is 24.3 Å². The topological polar surface area (TPSA) is 97.3 Å². The van der Waals surface area contributed by atoms with Crippen LogP contribution in [0.25, 0.3) is 0 Å². The Hall–Kier alpha value is -2.57. The van der Waals surface area contributed by atoms with E-state index in [1.54, 1.807) is 31.4 Å². The van der Waals surface area contributed by atoms with E-state index in [2.05, 4.69) is 15.4 Å². The third-order valence-corrected chi connectivity index (χ3v) is 2.00. The minimum atomic E-state index is -1.18. The summed E-state index contributed by atoms with van der Waals surface area (Å²) >= 11 is 0. The van der Waals surface area contributed by atoms with Crippen LogP contribution in [0.15, 0.2) is 24.3 Å². The fraction of sp³-hybridized carbons (Fsp3) is 0.100. The van der Waals surface area contributed by atoms with Gasteiger partial charge in [0, 0.05) is 0 Å². The first-order valence-electron chi connectivity index (χ1n) is 4.67. The van der Waals surface area contributed by atoms with E-state index in [0.717, 1.165) is 0 Å². The second-order valence-electron chi connectivity index (χ2n) is 3.07. The second kappa shape index (κ2) is 4.52. The first-order chi connectivity index (χ1) is 8.20. The molecule has 0 saturated carbocycles. The van der Waals surface area contributed by atoms with Gasteiger partial charge in [0.15, 0.2) is 0 Å². The monoisotopic (exact) mass is 235 g/mol. The van der Waals surface area contributed by atoms with Crippen molar-refractivity contribution in [1.29, 1.82) is 0 Å². The molecule has 0 aliphatic heterocycles. The highest BCUT2D eigenvalue weighted by Gasteiger charge is 2.16. The standard InChI is InChI=1S/C10H9N3O4/c1-16-6-2-4-7(5-3-6)17-9-8(10(14)15)11-13-12-9/h2-5H,1H3,(H,14,15)(H,11,12,13). The van der Waals surface area contributed by atoms with Crippen molar-refractivity contribution < 1.29 is 19.4 Å². The van der Waals surface area contributed by atoms with Gasteiger partial charge in [-0.15, -0.1) is 0 Å². The molecule has 0 bridgehead atoms. The van der Waals surface area contributed by atoms with E-state index in [-0.39, 0.29) is 11.6 Å². The van der Waals surface area contributed by atoms with Gasteiger partial charge < -0.3 is 14.6 Å². The molecule has 0 aliphatic carbocycles. The summed E-state index contributed by atoms with van der Waals surface area (Å²) in [6.07, 6.45) is 0. The van der Waals surface area contributed by atoms with E-state index in [1.165, 1.54) is 0 Å². The summed E-state index contributed by atoms with van der Waals surface area (Å²) in [5, 5.41) is 17.9. The van der Waals surface area contributed by atoms with E-state index >= 15 is 0 Å². The molecular formula is C10H9N3O4. The number of hydrogen-bond acceptors (Lipinski definition) is 5. The van der Waals surface area contributed by atoms with E-state index in [0.29, 0.717) is 11.5 Å². The first kappa shape index (κ1) is 10.9. The average molecular weight is 235 g/mol. The van der Waals surface area contributed by atoms with Gasteiger partial charge in [-0.25, -0.2) is 9.89 Å². The number of aromatic carboxylic acids is 1. The molecule has 0 aliphatic rings. The summed E-state index contributed by atoms with van der Waals surface area (Å²) in [4.78, 5) is 10.8. The molecule has 0 fully saturated rings. The number of ether oxygens (including phenoxy) is 2. The van der Waals surface area contributed by atoms with Crippen LogP contribution in [-0.4, -0.2) is 33.6 Å². The fourth-order valence-corrected chi connectivity index (χ4v) is 1.18. The van der Waals surface area contributed by atoms with E-state index in [4.69, 9.17) is 14.6 Å². The van der Waals surface area contributed by atoms with Gasteiger partial charge in [-0.1, -0.05) is 10.3 Å². The van der Waals surface area contributed by atoms with Crippen molar-refractivity contribution in [3.63, 3.8) is 0 Å². The molecule has 1 heterocycles. The van der Waals surface area contributed by atoms with E-state index < -0.39 is 5.97 Å². The molecule has 1 aromatic carbocycles. The summed E-state index contributed by atoms with van der Waals surface area (Å²) < 4.78 is 10.3. The number of hydrogen-bond donors (Lipinski definition) is 2. The quantitative estimate of drug-likeness (QED) is 0.829. The first-order valence-corrected chi connectivity index (χ1v) is 4.67. The van der Waals surface area contributed by atoms with Gasteiger partial charge in [0.25, 0.3) is 5.88 Å². The Kier molecular flexibility index (Phi) is 2.91. The highest BCUT2D eigenvalue weighted by Crippen LogP contribution is 2.23. The maximum atomic E-state index is 10.8. The number of benzene rings is 1. The smallest absolute Gasteiger partial charge is 0.359 e. The van der Waals surface area contributed by atoms with Crippen LogP contribution in [0.1, 0.15) is 10.5 Å². The summed E-state index contributed by atoms with van der Waals surface area (Å²) in [7, 11) is 1.55. The Balaban J connectivity index is 2.19. The summed E-state index contributed by atoms with van der Waals surface area (Å²) in [5.74, 6) is -0.140. The van der Waals surface area contributed by atoms with Crippen molar-refractivity contribution in [3.05, 3.63) is 30.0 Å². The zero-order chi connectivity index (χ0) is 12.3. The molecule has 2 N–H and O–H groups in total. The molecule has 0 spiro atoms. The van der Waals surface area contributed by atoms with Crippen LogP contribution in [0.5, 0.6) is 17.4 Å². The number of rotatable bonds is 4. The number of aromatic amines is 1. The molecule has 88 valence electrons. The molecule has 0 amide bonds. The highest BCUT2D eigenvalue weighted by molar-refractivity contribution is 5.87. The Bertz CT molecular complexity index is 521. The molecule has 7 heteroatoms. The van der Waals surface area contributed by atoms with Gasteiger partial charge in [0.05, 0.1) is 7.11 Å². The van der Waals surface area contributed by atoms with Gasteiger partial charge in [-0.2, -0.15) is 0 Å². The van der Waals surface area contributed by atoms with Crippen molar-refractivity contribution in [2.45, 2.75) is 0 Å². The lowest BCUT2D eigenvalue weighted by atomic mass is 10.3. The molecule has 0 atom stereocenters. The molecular weight excluding hydrogens is 226 g/mol. The van der Waals surface area contributed by atoms with Crippen LogP contribution in [-0.2, 0) is 0 Å². The number of nitrogens with zero attached hydrogens (tertiary/aromatic N) is 2. The van der Waals surface area contributed by atoms with Crippen molar-refractivity contribution in [2.75, 3.05) is 7.11 Å². The Morgan fingerprint density at radius 2 is 1.94 bits per heavy atom. The minimum absolute atomic E-state index is 0.0809. The molecule has 17 heavy (non-hydrogen) atoms. The van der Waals surface area contributed by atoms with Crippen molar-refractivity contribution in [3.8, 4) is 17.4 Å². The lowest BCUT2D eigenvalue weighted by Gasteiger charge is -2.03. The predicted octanol–water partition coefficient (Wildman–Crippen LogP) is 1.30. The molecule has 0 saturated heterocycles. The summed E-state index contributed by atoms with van der Waals surface area (Å²) in [6, 6.07) is 6.66. The van der Waals surface area contributed by atoms with Crippen molar-refractivity contribution in [1.82, 2.24) is 15.4 Å². The lowest BCUT2D eigenvalue weighted by Crippen LogP contribution is -1.99. The number of aromatic nitrogens is 3. The molecule has 2 aromatic rings. The Morgan fingerprint density at radius 1 is 1.29 bits per heavy atom. The molecule has 7 nitrogen and oxygen atoms in total. The van der Waals surface area contributed by atoms with Crippen LogP contribution >= 0.6 is 0 Å². The number of nitrogens with one attached hydrogen (secondary N) is 1. The predicted molar refractivity (Wildman–Crippen MR) is 56.4 cm³/mol. The van der Waals surface area contributed by atoms with Gasteiger partial charge in [0.1, 0.15) is 11.5 Å². The maximum Gasteiger partial charge on any atom is 0.359 e. The highest BCUT2D eigenvalue weighted by atomic mass is 16.5. The Morgan fingerprint density at radius 3 is 2.53 bits per heavy atom. The largest absolute Gasteiger partial charge is 0.497 e.